The largest absolute Gasteiger partial charge is 0.219 e. The Kier molecular flexibility index (Phi) is 4.74. The SMILES string of the molecule is C/C(=C/S(=O)(=O)c1ccccc1)CCc1ccccc1. The van der Waals surface area contributed by atoms with Gasteiger partial charge in [-0.2, -0.15) is 0 Å². The molecule has 0 aliphatic heterocycles. The highest BCUT2D eigenvalue weighted by Crippen LogP contribution is 2.16. The summed E-state index contributed by atoms with van der Waals surface area (Å²) in [5.74, 6) is 0. The molecule has 2 rings (SSSR count). The van der Waals surface area contributed by atoms with Crippen molar-refractivity contribution in [1.82, 2.24) is 0 Å². The molecule has 0 saturated carbocycles. The number of hydrogen-bond acceptors (Lipinski definition) is 2. The molecule has 2 aromatic carbocycles. The Bertz CT molecular complexity index is 671. The smallest absolute Gasteiger partial charge is 0.199 e. The quantitative estimate of drug-likeness (QED) is 0.832. The summed E-state index contributed by atoms with van der Waals surface area (Å²) in [4.78, 5) is 0.346. The summed E-state index contributed by atoms with van der Waals surface area (Å²) < 4.78 is 24.4. The van der Waals surface area contributed by atoms with Gasteiger partial charge in [0.2, 0.25) is 0 Å². The van der Waals surface area contributed by atoms with Crippen LogP contribution in [-0.2, 0) is 16.3 Å². The molecule has 0 N–H and O–H groups in total. The van der Waals surface area contributed by atoms with E-state index in [2.05, 4.69) is 12.1 Å². The number of aryl methyl sites for hydroxylation is 1. The van der Waals surface area contributed by atoms with Gasteiger partial charge < -0.3 is 0 Å². The zero-order valence-electron chi connectivity index (χ0n) is 11.5. The van der Waals surface area contributed by atoms with Crippen LogP contribution in [0.2, 0.25) is 0 Å². The van der Waals surface area contributed by atoms with Crippen LogP contribution in [0.4, 0.5) is 0 Å². The molecule has 0 fully saturated rings. The van der Waals surface area contributed by atoms with E-state index in [9.17, 15) is 8.42 Å². The van der Waals surface area contributed by atoms with Crippen LogP contribution < -0.4 is 0 Å². The van der Waals surface area contributed by atoms with Crippen LogP contribution in [-0.4, -0.2) is 8.42 Å². The summed E-state index contributed by atoms with van der Waals surface area (Å²) in [5, 5.41) is 1.38. The van der Waals surface area contributed by atoms with Gasteiger partial charge in [-0.1, -0.05) is 54.1 Å². The maximum Gasteiger partial charge on any atom is 0.199 e. The van der Waals surface area contributed by atoms with Crippen molar-refractivity contribution >= 4 is 9.84 Å². The minimum Gasteiger partial charge on any atom is -0.219 e. The monoisotopic (exact) mass is 286 g/mol. The Hall–Kier alpha value is -1.87. The summed E-state index contributed by atoms with van der Waals surface area (Å²) in [7, 11) is -3.33. The van der Waals surface area contributed by atoms with Crippen LogP contribution in [0.3, 0.4) is 0 Å². The van der Waals surface area contributed by atoms with Crippen molar-refractivity contribution in [2.45, 2.75) is 24.7 Å². The van der Waals surface area contributed by atoms with Gasteiger partial charge in [-0.3, -0.25) is 0 Å². The minimum atomic E-state index is -3.33. The fourth-order valence-corrected chi connectivity index (χ4v) is 3.31. The van der Waals surface area contributed by atoms with Gasteiger partial charge in [-0.15, -0.1) is 0 Å². The molecule has 0 aliphatic rings. The normalized spacial score (nSPS) is 12.3. The minimum absolute atomic E-state index is 0.346. The van der Waals surface area contributed by atoms with E-state index < -0.39 is 9.84 Å². The van der Waals surface area contributed by atoms with E-state index in [1.54, 1.807) is 24.3 Å². The van der Waals surface area contributed by atoms with Gasteiger partial charge in [0.05, 0.1) is 4.90 Å². The fourth-order valence-electron chi connectivity index (χ4n) is 1.99. The molecule has 0 bridgehead atoms. The predicted molar refractivity (Wildman–Crippen MR) is 82.1 cm³/mol. The second-order valence-corrected chi connectivity index (χ2v) is 6.60. The lowest BCUT2D eigenvalue weighted by molar-refractivity contribution is 0.604. The van der Waals surface area contributed by atoms with Crippen LogP contribution >= 0.6 is 0 Å². The third-order valence-corrected chi connectivity index (χ3v) is 4.72. The van der Waals surface area contributed by atoms with E-state index in [1.165, 1.54) is 11.0 Å². The number of hydrogen-bond donors (Lipinski definition) is 0. The Morgan fingerprint density at radius 2 is 1.50 bits per heavy atom. The Balaban J connectivity index is 2.07. The van der Waals surface area contributed by atoms with Crippen molar-refractivity contribution in [3.8, 4) is 0 Å². The second kappa shape index (κ2) is 6.53. The summed E-state index contributed by atoms with van der Waals surface area (Å²) in [6, 6.07) is 18.6. The molecule has 0 amide bonds. The first-order chi connectivity index (χ1) is 9.58. The zero-order valence-corrected chi connectivity index (χ0v) is 12.3. The van der Waals surface area contributed by atoms with Crippen LogP contribution in [0.15, 0.2) is 76.5 Å². The second-order valence-electron chi connectivity index (χ2n) is 4.81. The zero-order chi connectivity index (χ0) is 14.4. The van der Waals surface area contributed by atoms with Crippen molar-refractivity contribution < 1.29 is 8.42 Å². The van der Waals surface area contributed by atoms with Crippen molar-refractivity contribution in [2.75, 3.05) is 0 Å². The Labute approximate surface area is 120 Å². The van der Waals surface area contributed by atoms with Crippen molar-refractivity contribution in [3.05, 3.63) is 77.2 Å². The molecule has 0 saturated heterocycles. The van der Waals surface area contributed by atoms with Gasteiger partial charge in [0.25, 0.3) is 0 Å². The standard InChI is InChI=1S/C17H18O2S/c1-15(12-13-16-8-4-2-5-9-16)14-20(18,19)17-10-6-3-7-11-17/h2-11,14H,12-13H2,1H3/b15-14-. The molecule has 20 heavy (non-hydrogen) atoms. The van der Waals surface area contributed by atoms with Crippen LogP contribution in [0.25, 0.3) is 0 Å². The predicted octanol–water partition coefficient (Wildman–Crippen LogP) is 4.00. The molecule has 2 nitrogen and oxygen atoms in total. The molecule has 0 aromatic heterocycles. The van der Waals surface area contributed by atoms with E-state index >= 15 is 0 Å². The van der Waals surface area contributed by atoms with E-state index in [1.807, 2.05) is 31.2 Å². The first-order valence-electron chi connectivity index (χ1n) is 6.59. The molecular weight excluding hydrogens is 268 g/mol. The molecule has 0 heterocycles. The molecule has 0 aliphatic carbocycles. The summed E-state index contributed by atoms with van der Waals surface area (Å²) in [5.41, 5.74) is 2.09. The van der Waals surface area contributed by atoms with Crippen molar-refractivity contribution in [2.24, 2.45) is 0 Å². The first-order valence-corrected chi connectivity index (χ1v) is 8.14. The van der Waals surface area contributed by atoms with E-state index in [0.717, 1.165) is 18.4 Å². The number of allylic oxidation sites excluding steroid dienone is 1. The summed E-state index contributed by atoms with van der Waals surface area (Å²) in [6.07, 6.45) is 1.60. The lowest BCUT2D eigenvalue weighted by atomic mass is 10.1. The highest BCUT2D eigenvalue weighted by molar-refractivity contribution is 7.94. The lowest BCUT2D eigenvalue weighted by Gasteiger charge is -2.04. The number of sulfone groups is 1. The molecule has 2 aromatic rings. The number of rotatable bonds is 5. The average Bonchev–Trinajstić information content (AvgIpc) is 2.47. The van der Waals surface area contributed by atoms with Gasteiger partial charge in [0.15, 0.2) is 9.84 Å². The van der Waals surface area contributed by atoms with Gasteiger partial charge in [0.1, 0.15) is 0 Å². The van der Waals surface area contributed by atoms with Crippen LogP contribution in [0.1, 0.15) is 18.9 Å². The summed E-state index contributed by atoms with van der Waals surface area (Å²) >= 11 is 0. The van der Waals surface area contributed by atoms with Crippen molar-refractivity contribution in [3.63, 3.8) is 0 Å². The Morgan fingerprint density at radius 1 is 0.950 bits per heavy atom. The summed E-state index contributed by atoms with van der Waals surface area (Å²) in [6.45, 7) is 1.86. The van der Waals surface area contributed by atoms with E-state index in [-0.39, 0.29) is 0 Å². The first kappa shape index (κ1) is 14.5. The molecule has 0 radical (unpaired) electrons. The highest BCUT2D eigenvalue weighted by atomic mass is 32.2. The maximum absolute atomic E-state index is 12.2. The van der Waals surface area contributed by atoms with Crippen LogP contribution in [0.5, 0.6) is 0 Å². The van der Waals surface area contributed by atoms with Crippen LogP contribution in [0, 0.1) is 0 Å². The Morgan fingerprint density at radius 3 is 2.10 bits per heavy atom. The van der Waals surface area contributed by atoms with Gasteiger partial charge in [0, 0.05) is 5.41 Å². The fraction of sp³-hybridized carbons (Fsp3) is 0.176. The van der Waals surface area contributed by atoms with E-state index in [4.69, 9.17) is 0 Å². The molecule has 0 atom stereocenters. The lowest BCUT2D eigenvalue weighted by Crippen LogP contribution is -1.98. The third kappa shape index (κ3) is 4.07. The van der Waals surface area contributed by atoms with Gasteiger partial charge in [-0.25, -0.2) is 8.42 Å². The molecule has 104 valence electrons. The van der Waals surface area contributed by atoms with Crippen molar-refractivity contribution in [1.29, 1.82) is 0 Å². The maximum atomic E-state index is 12.2. The molecule has 0 spiro atoms. The molecular formula is C17H18O2S. The molecule has 3 heteroatoms. The topological polar surface area (TPSA) is 34.1 Å². The average molecular weight is 286 g/mol. The van der Waals surface area contributed by atoms with Gasteiger partial charge in [-0.05, 0) is 37.5 Å². The molecule has 0 unspecified atom stereocenters. The highest BCUT2D eigenvalue weighted by Gasteiger charge is 2.10. The number of benzene rings is 2. The third-order valence-electron chi connectivity index (χ3n) is 3.08. The van der Waals surface area contributed by atoms with E-state index in [0.29, 0.717) is 4.90 Å². The van der Waals surface area contributed by atoms with Gasteiger partial charge >= 0.3 is 0 Å².